The molecule has 3 rings (SSSR count). The fourth-order valence-electron chi connectivity index (χ4n) is 3.06. The first-order valence-corrected chi connectivity index (χ1v) is 10.3. The Bertz CT molecular complexity index is 1160. The molecular weight excluding hydrogens is 420 g/mol. The summed E-state index contributed by atoms with van der Waals surface area (Å²) in [5.41, 5.74) is 6.40. The van der Waals surface area contributed by atoms with Gasteiger partial charge in [-0.05, 0) is 42.3 Å². The molecule has 0 aromatic heterocycles. The van der Waals surface area contributed by atoms with Crippen molar-refractivity contribution in [2.75, 3.05) is 19.5 Å². The first-order chi connectivity index (χ1) is 16.0. The van der Waals surface area contributed by atoms with Crippen LogP contribution in [0.2, 0.25) is 0 Å². The second-order valence-corrected chi connectivity index (χ2v) is 7.10. The number of anilines is 2. The van der Waals surface area contributed by atoms with Crippen molar-refractivity contribution in [1.29, 1.82) is 0 Å². The second-order valence-electron chi connectivity index (χ2n) is 7.10. The summed E-state index contributed by atoms with van der Waals surface area (Å²) in [7, 11) is 3.14. The Morgan fingerprint density at radius 1 is 0.939 bits per heavy atom. The molecule has 0 spiro atoms. The Balaban J connectivity index is 1.64. The van der Waals surface area contributed by atoms with Crippen LogP contribution in [0.25, 0.3) is 0 Å². The van der Waals surface area contributed by atoms with E-state index in [1.807, 2.05) is 55.5 Å². The summed E-state index contributed by atoms with van der Waals surface area (Å²) in [5, 5.41) is 9.85. The first-order valence-electron chi connectivity index (χ1n) is 10.3. The summed E-state index contributed by atoms with van der Waals surface area (Å²) >= 11 is 0. The number of aryl methyl sites for hydroxylation is 1. The highest BCUT2D eigenvalue weighted by Gasteiger charge is 2.13. The van der Waals surface area contributed by atoms with Crippen molar-refractivity contribution >= 4 is 29.4 Å². The van der Waals surface area contributed by atoms with Crippen LogP contribution in [0.15, 0.2) is 71.8 Å². The van der Waals surface area contributed by atoms with Crippen LogP contribution in [0, 0.1) is 6.92 Å². The molecule has 2 amide bonds. The Morgan fingerprint density at radius 3 is 2.48 bits per heavy atom. The van der Waals surface area contributed by atoms with Crippen LogP contribution in [-0.2, 0) is 16.1 Å². The van der Waals surface area contributed by atoms with Gasteiger partial charge in [-0.1, -0.05) is 42.5 Å². The van der Waals surface area contributed by atoms with Crippen LogP contribution in [-0.4, -0.2) is 32.2 Å². The van der Waals surface area contributed by atoms with Gasteiger partial charge in [0.15, 0.2) is 0 Å². The van der Waals surface area contributed by atoms with Gasteiger partial charge in [0.25, 0.3) is 0 Å². The fourth-order valence-corrected chi connectivity index (χ4v) is 3.06. The van der Waals surface area contributed by atoms with Crippen molar-refractivity contribution in [1.82, 2.24) is 10.7 Å². The van der Waals surface area contributed by atoms with E-state index < -0.39 is 11.8 Å². The SMILES string of the molecule is COc1cccc(CNC(=O)C(=O)N/N=C\c2cccc(OC)c2Nc2ccccc2C)c1. The minimum absolute atomic E-state index is 0.188. The van der Waals surface area contributed by atoms with Gasteiger partial charge in [-0.15, -0.1) is 0 Å². The van der Waals surface area contributed by atoms with Gasteiger partial charge in [-0.25, -0.2) is 5.43 Å². The quantitative estimate of drug-likeness (QED) is 0.279. The van der Waals surface area contributed by atoms with Gasteiger partial charge in [-0.3, -0.25) is 9.59 Å². The summed E-state index contributed by atoms with van der Waals surface area (Å²) in [4.78, 5) is 24.2. The van der Waals surface area contributed by atoms with E-state index in [0.717, 1.165) is 16.8 Å². The molecule has 3 N–H and O–H groups in total. The molecule has 0 unspecified atom stereocenters. The smallest absolute Gasteiger partial charge is 0.329 e. The molecule has 0 saturated heterocycles. The molecule has 8 nitrogen and oxygen atoms in total. The van der Waals surface area contributed by atoms with Crippen LogP contribution < -0.4 is 25.5 Å². The van der Waals surface area contributed by atoms with E-state index in [1.54, 1.807) is 32.4 Å². The molecule has 0 aliphatic carbocycles. The molecule has 0 saturated carbocycles. The molecule has 0 heterocycles. The largest absolute Gasteiger partial charge is 0.497 e. The third-order valence-corrected chi connectivity index (χ3v) is 4.85. The molecule has 33 heavy (non-hydrogen) atoms. The lowest BCUT2D eigenvalue weighted by Gasteiger charge is -2.15. The Hall–Kier alpha value is -4.33. The second kappa shape index (κ2) is 11.3. The van der Waals surface area contributed by atoms with Crippen molar-refractivity contribution in [2.24, 2.45) is 5.10 Å². The number of ether oxygens (including phenoxy) is 2. The molecule has 170 valence electrons. The van der Waals surface area contributed by atoms with Crippen molar-refractivity contribution < 1.29 is 19.1 Å². The standard InChI is InChI=1S/C25H26N4O4/c1-17-8-4-5-12-21(17)28-23-19(10-7-13-22(23)33-3)16-27-29-25(31)24(30)26-15-18-9-6-11-20(14-18)32-2/h4-14,16,28H,15H2,1-3H3,(H,26,30)(H,29,31)/b27-16-. The number of benzene rings is 3. The Labute approximate surface area is 192 Å². The van der Waals surface area contributed by atoms with E-state index >= 15 is 0 Å². The highest BCUT2D eigenvalue weighted by atomic mass is 16.5. The van der Waals surface area contributed by atoms with Gasteiger partial charge in [0.2, 0.25) is 0 Å². The average molecular weight is 447 g/mol. The summed E-state index contributed by atoms with van der Waals surface area (Å²) in [6.45, 7) is 2.18. The van der Waals surface area contributed by atoms with E-state index in [1.165, 1.54) is 6.21 Å². The summed E-state index contributed by atoms with van der Waals surface area (Å²) in [6, 6.07) is 20.5. The van der Waals surface area contributed by atoms with Crippen molar-refractivity contribution in [2.45, 2.75) is 13.5 Å². The topological polar surface area (TPSA) is 101 Å². The minimum Gasteiger partial charge on any atom is -0.497 e. The molecular formula is C25H26N4O4. The lowest BCUT2D eigenvalue weighted by Crippen LogP contribution is -2.37. The summed E-state index contributed by atoms with van der Waals surface area (Å²) < 4.78 is 10.6. The molecule has 0 fully saturated rings. The maximum atomic E-state index is 12.1. The van der Waals surface area contributed by atoms with Gasteiger partial charge in [0, 0.05) is 17.8 Å². The maximum Gasteiger partial charge on any atom is 0.329 e. The highest BCUT2D eigenvalue weighted by Crippen LogP contribution is 2.31. The summed E-state index contributed by atoms with van der Waals surface area (Å²) in [5.74, 6) is -0.377. The number of hydrogen-bond acceptors (Lipinski definition) is 6. The number of hydrogen-bond donors (Lipinski definition) is 3. The molecule has 8 heteroatoms. The molecule has 0 bridgehead atoms. The minimum atomic E-state index is -0.870. The van der Waals surface area contributed by atoms with Crippen LogP contribution in [0.5, 0.6) is 11.5 Å². The number of nitrogens with one attached hydrogen (secondary N) is 3. The number of methoxy groups -OCH3 is 2. The predicted octanol–water partition coefficient (Wildman–Crippen LogP) is 3.52. The number of carbonyl (C=O) groups is 2. The van der Waals surface area contributed by atoms with Gasteiger partial charge >= 0.3 is 11.8 Å². The third-order valence-electron chi connectivity index (χ3n) is 4.85. The zero-order valence-corrected chi connectivity index (χ0v) is 18.7. The lowest BCUT2D eigenvalue weighted by molar-refractivity contribution is -0.139. The van der Waals surface area contributed by atoms with Gasteiger partial charge < -0.3 is 20.1 Å². The van der Waals surface area contributed by atoms with Crippen molar-refractivity contribution in [3.8, 4) is 11.5 Å². The van der Waals surface area contributed by atoms with E-state index in [2.05, 4.69) is 21.2 Å². The normalized spacial score (nSPS) is 10.5. The van der Waals surface area contributed by atoms with Crippen LogP contribution in [0.1, 0.15) is 16.7 Å². The number of amides is 2. The first kappa shape index (κ1) is 23.3. The number of rotatable bonds is 8. The highest BCUT2D eigenvalue weighted by molar-refractivity contribution is 6.35. The zero-order valence-electron chi connectivity index (χ0n) is 18.7. The molecule has 0 aliphatic heterocycles. The van der Waals surface area contributed by atoms with Crippen molar-refractivity contribution in [3.05, 3.63) is 83.4 Å². The van der Waals surface area contributed by atoms with Crippen molar-refractivity contribution in [3.63, 3.8) is 0 Å². The molecule has 0 aliphatic rings. The van der Waals surface area contributed by atoms with Gasteiger partial charge in [-0.2, -0.15) is 5.10 Å². The van der Waals surface area contributed by atoms with E-state index in [-0.39, 0.29) is 6.54 Å². The Morgan fingerprint density at radius 2 is 1.73 bits per heavy atom. The zero-order chi connectivity index (χ0) is 23.6. The number of para-hydroxylation sites is 2. The third kappa shape index (κ3) is 6.33. The molecule has 3 aromatic rings. The summed E-state index contributed by atoms with van der Waals surface area (Å²) in [6.07, 6.45) is 1.45. The Kier molecular flexibility index (Phi) is 8.02. The fraction of sp³-hybridized carbons (Fsp3) is 0.160. The maximum absolute atomic E-state index is 12.1. The van der Waals surface area contributed by atoms with Crippen LogP contribution >= 0.6 is 0 Å². The number of hydrazone groups is 1. The van der Waals surface area contributed by atoms with Crippen LogP contribution in [0.3, 0.4) is 0 Å². The molecule has 0 radical (unpaired) electrons. The van der Waals surface area contributed by atoms with Gasteiger partial charge in [0.05, 0.1) is 26.1 Å². The molecule has 3 aromatic carbocycles. The number of carbonyl (C=O) groups excluding carboxylic acids is 2. The number of nitrogens with zero attached hydrogens (tertiary/aromatic N) is 1. The van der Waals surface area contributed by atoms with Gasteiger partial charge in [0.1, 0.15) is 11.5 Å². The average Bonchev–Trinajstić information content (AvgIpc) is 2.84. The van der Waals surface area contributed by atoms with E-state index in [0.29, 0.717) is 22.7 Å². The van der Waals surface area contributed by atoms with E-state index in [4.69, 9.17) is 9.47 Å². The van der Waals surface area contributed by atoms with Crippen LogP contribution in [0.4, 0.5) is 11.4 Å². The van der Waals surface area contributed by atoms with E-state index in [9.17, 15) is 9.59 Å². The monoisotopic (exact) mass is 446 g/mol. The molecule has 0 atom stereocenters. The lowest BCUT2D eigenvalue weighted by atomic mass is 10.1. The predicted molar refractivity (Wildman–Crippen MR) is 128 cm³/mol.